The fraction of sp³-hybridized carbons (Fsp3) is 0.333. The highest BCUT2D eigenvalue weighted by atomic mass is 16.2. The topological polar surface area (TPSA) is 82.0 Å². The van der Waals surface area contributed by atoms with Crippen molar-refractivity contribution in [3.63, 3.8) is 0 Å². The second kappa shape index (κ2) is 5.81. The van der Waals surface area contributed by atoms with Crippen LogP contribution >= 0.6 is 0 Å². The molecule has 1 atom stereocenters. The van der Waals surface area contributed by atoms with Gasteiger partial charge in [0.2, 0.25) is 5.91 Å². The molecule has 106 valence electrons. The molecule has 3 rings (SSSR count). The predicted octanol–water partition coefficient (Wildman–Crippen LogP) is 2.89. The number of likely N-dealkylation sites (tertiary alicyclic amines) is 1. The van der Waals surface area contributed by atoms with Crippen LogP contribution in [0.4, 0.5) is 0 Å². The largest absolute Gasteiger partial charge is 0.338 e. The van der Waals surface area contributed by atoms with E-state index in [-0.39, 0.29) is 11.8 Å². The molecule has 0 spiro atoms. The van der Waals surface area contributed by atoms with Crippen LogP contribution in [0, 0.1) is 5.92 Å². The quantitative estimate of drug-likeness (QED) is 0.490. The maximum absolute atomic E-state index is 12.1. The smallest absolute Gasteiger partial charge is 0.223 e. The fourth-order valence-electron chi connectivity index (χ4n) is 2.79. The average Bonchev–Trinajstić information content (AvgIpc) is 2.86. The van der Waals surface area contributed by atoms with Gasteiger partial charge in [0.15, 0.2) is 0 Å². The number of hydrogen-bond donors (Lipinski definition) is 0. The van der Waals surface area contributed by atoms with Gasteiger partial charge in [-0.1, -0.05) is 29.4 Å². The molecule has 1 aliphatic rings. The Labute approximate surface area is 122 Å². The number of carbonyl (C=O) groups excluding carboxylic acids is 1. The van der Waals surface area contributed by atoms with E-state index in [9.17, 15) is 4.79 Å². The maximum Gasteiger partial charge on any atom is 0.223 e. The summed E-state index contributed by atoms with van der Waals surface area (Å²) in [6, 6.07) is 8.03. The Morgan fingerprint density at radius 2 is 2.24 bits per heavy atom. The molecule has 6 nitrogen and oxygen atoms in total. The number of fused-ring (bicyclic) bond motifs is 1. The number of carbonyl (C=O) groups is 1. The van der Waals surface area contributed by atoms with Crippen molar-refractivity contribution in [1.82, 2.24) is 9.88 Å². The summed E-state index contributed by atoms with van der Waals surface area (Å²) in [4.78, 5) is 20.9. The summed E-state index contributed by atoms with van der Waals surface area (Å²) in [6.45, 7) is 1.58. The Morgan fingerprint density at radius 3 is 3.10 bits per heavy atom. The highest BCUT2D eigenvalue weighted by Crippen LogP contribution is 2.23. The lowest BCUT2D eigenvalue weighted by molar-refractivity contribution is -0.128. The van der Waals surface area contributed by atoms with Crippen LogP contribution in [0.25, 0.3) is 21.2 Å². The zero-order chi connectivity index (χ0) is 14.7. The molecule has 1 aromatic heterocycles. The molecule has 1 aliphatic heterocycles. The molecule has 1 saturated heterocycles. The van der Waals surface area contributed by atoms with Gasteiger partial charge < -0.3 is 4.90 Å². The van der Waals surface area contributed by atoms with E-state index in [1.807, 2.05) is 41.6 Å². The summed E-state index contributed by atoms with van der Waals surface area (Å²) < 4.78 is 0. The summed E-state index contributed by atoms with van der Waals surface area (Å²) in [5, 5.41) is 5.77. The molecule has 1 aromatic carbocycles. The molecule has 6 heteroatoms. The van der Waals surface area contributed by atoms with Gasteiger partial charge in [-0.2, -0.15) is 0 Å². The Balaban J connectivity index is 1.79. The first kappa shape index (κ1) is 13.4. The van der Waals surface area contributed by atoms with E-state index in [1.165, 1.54) is 0 Å². The summed E-state index contributed by atoms with van der Waals surface area (Å²) >= 11 is 0. The van der Waals surface area contributed by atoms with E-state index in [4.69, 9.17) is 5.53 Å². The third-order valence-corrected chi connectivity index (χ3v) is 3.81. The molecule has 1 unspecified atom stereocenters. The highest BCUT2D eigenvalue weighted by Gasteiger charge is 2.29. The highest BCUT2D eigenvalue weighted by molar-refractivity contribution is 5.85. The predicted molar refractivity (Wildman–Crippen MR) is 79.3 cm³/mol. The van der Waals surface area contributed by atoms with Crippen LogP contribution in [0.2, 0.25) is 0 Å². The van der Waals surface area contributed by atoms with Gasteiger partial charge in [0.1, 0.15) is 0 Å². The molecule has 21 heavy (non-hydrogen) atoms. The summed E-state index contributed by atoms with van der Waals surface area (Å²) in [5.74, 6) is 0.234. The van der Waals surface area contributed by atoms with Gasteiger partial charge in [-0.15, -0.1) is 0 Å². The van der Waals surface area contributed by atoms with E-state index in [1.54, 1.807) is 0 Å². The van der Waals surface area contributed by atoms with Crippen LogP contribution < -0.4 is 0 Å². The lowest BCUT2D eigenvalue weighted by Gasteiger charge is -2.17. The van der Waals surface area contributed by atoms with Crippen LogP contribution in [0.1, 0.15) is 12.0 Å². The first-order chi connectivity index (χ1) is 10.3. The van der Waals surface area contributed by atoms with Crippen molar-refractivity contribution < 1.29 is 4.79 Å². The molecule has 1 fully saturated rings. The van der Waals surface area contributed by atoms with Gasteiger partial charge in [-0.3, -0.25) is 9.78 Å². The SMILES string of the molecule is [N-]=[N+]=NCC1CC(=O)N(Cc2cncc3ccccc23)C1. The molecule has 0 radical (unpaired) electrons. The van der Waals surface area contributed by atoms with E-state index in [0.717, 1.165) is 16.3 Å². The van der Waals surface area contributed by atoms with Gasteiger partial charge in [0, 0.05) is 48.7 Å². The van der Waals surface area contributed by atoms with Crippen molar-refractivity contribution in [3.8, 4) is 0 Å². The molecular weight excluding hydrogens is 266 g/mol. The Morgan fingerprint density at radius 1 is 1.38 bits per heavy atom. The van der Waals surface area contributed by atoms with E-state index >= 15 is 0 Å². The van der Waals surface area contributed by atoms with E-state index in [2.05, 4.69) is 15.0 Å². The van der Waals surface area contributed by atoms with Gasteiger partial charge in [-0.05, 0) is 22.4 Å². The molecule has 0 N–H and O–H groups in total. The number of hydrogen-bond acceptors (Lipinski definition) is 3. The first-order valence-electron chi connectivity index (χ1n) is 6.88. The number of aromatic nitrogens is 1. The zero-order valence-electron chi connectivity index (χ0n) is 11.5. The van der Waals surface area contributed by atoms with Gasteiger partial charge in [0.05, 0.1) is 0 Å². The number of rotatable bonds is 4. The number of nitrogens with zero attached hydrogens (tertiary/aromatic N) is 5. The molecule has 2 aromatic rings. The van der Waals surface area contributed by atoms with Crippen molar-refractivity contribution in [2.75, 3.05) is 13.1 Å². The number of pyridine rings is 1. The van der Waals surface area contributed by atoms with Gasteiger partial charge >= 0.3 is 0 Å². The molecular formula is C15H15N5O. The lowest BCUT2D eigenvalue weighted by Crippen LogP contribution is -2.25. The minimum Gasteiger partial charge on any atom is -0.338 e. The first-order valence-corrected chi connectivity index (χ1v) is 6.88. The summed E-state index contributed by atoms with van der Waals surface area (Å²) in [7, 11) is 0. The van der Waals surface area contributed by atoms with Crippen molar-refractivity contribution in [2.24, 2.45) is 11.0 Å². The van der Waals surface area contributed by atoms with E-state index < -0.39 is 0 Å². The standard InChI is InChI=1S/C15H15N5O/c16-19-18-6-11-5-15(21)20(9-11)10-13-8-17-7-12-3-1-2-4-14(12)13/h1-4,7-8,11H,5-6,9-10H2. The van der Waals surface area contributed by atoms with Crippen LogP contribution in [-0.2, 0) is 11.3 Å². The zero-order valence-corrected chi connectivity index (χ0v) is 11.5. The molecule has 0 saturated carbocycles. The summed E-state index contributed by atoms with van der Waals surface area (Å²) in [6.07, 6.45) is 4.10. The minimum atomic E-state index is 0.112. The van der Waals surface area contributed by atoms with Crippen LogP contribution in [0.15, 0.2) is 41.8 Å². The van der Waals surface area contributed by atoms with Crippen LogP contribution in [0.5, 0.6) is 0 Å². The number of amides is 1. The molecule has 1 amide bonds. The second-order valence-corrected chi connectivity index (χ2v) is 5.28. The van der Waals surface area contributed by atoms with E-state index in [0.29, 0.717) is 26.1 Å². The monoisotopic (exact) mass is 281 g/mol. The second-order valence-electron chi connectivity index (χ2n) is 5.28. The lowest BCUT2D eigenvalue weighted by atomic mass is 10.1. The average molecular weight is 281 g/mol. The minimum absolute atomic E-state index is 0.112. The number of benzene rings is 1. The van der Waals surface area contributed by atoms with Crippen LogP contribution in [0.3, 0.4) is 0 Å². The fourth-order valence-corrected chi connectivity index (χ4v) is 2.79. The third-order valence-electron chi connectivity index (χ3n) is 3.81. The van der Waals surface area contributed by atoms with Crippen molar-refractivity contribution in [1.29, 1.82) is 0 Å². The molecule has 0 aliphatic carbocycles. The molecule has 0 bridgehead atoms. The molecule has 2 heterocycles. The Kier molecular flexibility index (Phi) is 3.71. The number of azide groups is 1. The summed E-state index contributed by atoms with van der Waals surface area (Å²) in [5.41, 5.74) is 9.41. The Hall–Kier alpha value is -2.59. The third kappa shape index (κ3) is 2.80. The van der Waals surface area contributed by atoms with Crippen molar-refractivity contribution >= 4 is 16.7 Å². The Bertz CT molecular complexity index is 718. The van der Waals surface area contributed by atoms with Crippen LogP contribution in [-0.4, -0.2) is 28.9 Å². The van der Waals surface area contributed by atoms with Gasteiger partial charge in [-0.25, -0.2) is 0 Å². The van der Waals surface area contributed by atoms with Crippen molar-refractivity contribution in [2.45, 2.75) is 13.0 Å². The van der Waals surface area contributed by atoms with Gasteiger partial charge in [0.25, 0.3) is 0 Å². The van der Waals surface area contributed by atoms with Crippen molar-refractivity contribution in [3.05, 3.63) is 52.7 Å². The maximum atomic E-state index is 12.1. The normalized spacial score (nSPS) is 18.0.